The number of ether oxygens (including phenoxy) is 1. The fourth-order valence-electron chi connectivity index (χ4n) is 8.56. The van der Waals surface area contributed by atoms with Gasteiger partial charge in [-0.25, -0.2) is 0 Å². The van der Waals surface area contributed by atoms with Crippen LogP contribution in [0.2, 0.25) is 0 Å². The Balaban J connectivity index is 1.26. The highest BCUT2D eigenvalue weighted by Gasteiger charge is 2.44. The van der Waals surface area contributed by atoms with E-state index >= 15 is 0 Å². The zero-order valence-electron chi connectivity index (χ0n) is 30.7. The quantitative estimate of drug-likeness (QED) is 0.167. The second-order valence-corrected chi connectivity index (χ2v) is 15.3. The van der Waals surface area contributed by atoms with E-state index in [4.69, 9.17) is 4.74 Å². The van der Waals surface area contributed by atoms with Crippen molar-refractivity contribution in [3.8, 4) is 22.6 Å². The zero-order chi connectivity index (χ0) is 36.4. The average molecular weight is 695 g/mol. The fourth-order valence-corrected chi connectivity index (χ4v) is 8.56. The molecule has 258 valence electrons. The summed E-state index contributed by atoms with van der Waals surface area (Å²) in [4.78, 5) is 4.82. The van der Waals surface area contributed by atoms with Gasteiger partial charge < -0.3 is 14.5 Å². The largest absolute Gasteiger partial charge is 0.458 e. The van der Waals surface area contributed by atoms with Crippen molar-refractivity contribution in [2.75, 3.05) is 9.80 Å². The first-order valence-electron chi connectivity index (χ1n) is 18.8. The molecule has 0 aliphatic carbocycles. The highest BCUT2D eigenvalue weighted by molar-refractivity contribution is 7.00. The van der Waals surface area contributed by atoms with E-state index in [9.17, 15) is 0 Å². The molecule has 0 amide bonds. The number of anilines is 6. The summed E-state index contributed by atoms with van der Waals surface area (Å²) in [5, 5.41) is 2.37. The van der Waals surface area contributed by atoms with E-state index in [0.29, 0.717) is 0 Å². The third kappa shape index (κ3) is 5.13. The molecule has 0 bridgehead atoms. The molecule has 54 heavy (non-hydrogen) atoms. The van der Waals surface area contributed by atoms with Gasteiger partial charge in [0.05, 0.1) is 11.4 Å². The summed E-state index contributed by atoms with van der Waals surface area (Å²) < 4.78 is 7.15. The van der Waals surface area contributed by atoms with Gasteiger partial charge in [0.25, 0.3) is 6.71 Å². The molecule has 3 nitrogen and oxygen atoms in total. The van der Waals surface area contributed by atoms with Gasteiger partial charge in [0.1, 0.15) is 11.5 Å². The van der Waals surface area contributed by atoms with Gasteiger partial charge in [-0.3, -0.25) is 0 Å². The molecule has 0 saturated carbocycles. The van der Waals surface area contributed by atoms with E-state index in [2.05, 4.69) is 213 Å². The predicted molar refractivity (Wildman–Crippen MR) is 229 cm³/mol. The van der Waals surface area contributed by atoms with Crippen LogP contribution in [0.1, 0.15) is 26.3 Å². The standard InChI is InChI=1S/C50H39BN2O/c1-50(2,3)35-30-31-43-41(32-35)51-48-40-26-14-13-25-39(40)45(52(36-20-9-5-10-21-36)37-22-11-6-12-23-37)33-47(48)54-46-29-17-28-44(49(46)51)53(43)42-27-16-15-24-38(42)34-18-7-4-8-19-34/h4-33H,1-3H3. The Hall–Kier alpha value is -6.52. The Morgan fingerprint density at radius 1 is 0.500 bits per heavy atom. The van der Waals surface area contributed by atoms with Crippen LogP contribution in [-0.2, 0) is 5.41 Å². The van der Waals surface area contributed by atoms with Crippen LogP contribution >= 0.6 is 0 Å². The first kappa shape index (κ1) is 32.2. The summed E-state index contributed by atoms with van der Waals surface area (Å²) in [6.45, 7) is 6.88. The lowest BCUT2D eigenvalue weighted by atomic mass is 9.33. The minimum atomic E-state index is -0.0433. The molecule has 0 unspecified atom stereocenters. The van der Waals surface area contributed by atoms with Gasteiger partial charge in [-0.2, -0.15) is 0 Å². The van der Waals surface area contributed by atoms with Gasteiger partial charge in [-0.15, -0.1) is 0 Å². The van der Waals surface area contributed by atoms with Gasteiger partial charge in [0.15, 0.2) is 0 Å². The molecule has 8 aromatic carbocycles. The molecule has 0 N–H and O–H groups in total. The van der Waals surface area contributed by atoms with E-state index < -0.39 is 0 Å². The van der Waals surface area contributed by atoms with E-state index in [1.807, 2.05) is 0 Å². The molecule has 10 rings (SSSR count). The molecule has 0 aromatic heterocycles. The maximum Gasteiger partial charge on any atom is 0.257 e. The van der Waals surface area contributed by atoms with Crippen LogP contribution in [0.15, 0.2) is 182 Å². The number of hydrogen-bond acceptors (Lipinski definition) is 3. The van der Waals surface area contributed by atoms with E-state index in [1.54, 1.807) is 0 Å². The van der Waals surface area contributed by atoms with Gasteiger partial charge in [-0.05, 0) is 86.8 Å². The Morgan fingerprint density at radius 2 is 1.11 bits per heavy atom. The smallest absolute Gasteiger partial charge is 0.257 e. The fraction of sp³-hybridized carbons (Fsp3) is 0.0800. The second-order valence-electron chi connectivity index (χ2n) is 15.3. The number of nitrogens with zero attached hydrogens (tertiary/aromatic N) is 2. The Morgan fingerprint density at radius 3 is 1.81 bits per heavy atom. The van der Waals surface area contributed by atoms with Crippen LogP contribution in [0.5, 0.6) is 11.5 Å². The highest BCUT2D eigenvalue weighted by Crippen LogP contribution is 2.47. The highest BCUT2D eigenvalue weighted by atomic mass is 16.5. The summed E-state index contributed by atoms with van der Waals surface area (Å²) in [6, 6.07) is 65.6. The van der Waals surface area contributed by atoms with Crippen LogP contribution < -0.4 is 30.9 Å². The van der Waals surface area contributed by atoms with Gasteiger partial charge in [0, 0.05) is 39.8 Å². The summed E-state index contributed by atoms with van der Waals surface area (Å²) in [5.41, 5.74) is 14.1. The molecule has 0 spiro atoms. The lowest BCUT2D eigenvalue weighted by Gasteiger charge is -2.42. The van der Waals surface area contributed by atoms with Gasteiger partial charge >= 0.3 is 0 Å². The first-order valence-corrected chi connectivity index (χ1v) is 18.8. The summed E-state index contributed by atoms with van der Waals surface area (Å²) in [7, 11) is 0. The summed E-state index contributed by atoms with van der Waals surface area (Å²) in [5.74, 6) is 1.78. The second kappa shape index (κ2) is 12.6. The van der Waals surface area contributed by atoms with Crippen LogP contribution in [0.25, 0.3) is 21.9 Å². The van der Waals surface area contributed by atoms with E-state index in [-0.39, 0.29) is 12.1 Å². The van der Waals surface area contributed by atoms with Crippen LogP contribution in [-0.4, -0.2) is 6.71 Å². The van der Waals surface area contributed by atoms with Crippen molar-refractivity contribution in [1.82, 2.24) is 0 Å². The molecule has 8 aromatic rings. The van der Waals surface area contributed by atoms with Crippen LogP contribution in [0, 0.1) is 0 Å². The normalized spacial score (nSPS) is 12.8. The molecule has 2 heterocycles. The lowest BCUT2D eigenvalue weighted by molar-refractivity contribution is 0.488. The molecule has 2 aliphatic rings. The first-order chi connectivity index (χ1) is 26.5. The molecule has 0 radical (unpaired) electrons. The zero-order valence-corrected chi connectivity index (χ0v) is 30.7. The monoisotopic (exact) mass is 694 g/mol. The summed E-state index contributed by atoms with van der Waals surface area (Å²) in [6.07, 6.45) is 0. The topological polar surface area (TPSA) is 15.7 Å². The van der Waals surface area contributed by atoms with Crippen LogP contribution in [0.4, 0.5) is 34.1 Å². The third-order valence-electron chi connectivity index (χ3n) is 11.1. The van der Waals surface area contributed by atoms with Crippen molar-refractivity contribution in [3.63, 3.8) is 0 Å². The molecular weight excluding hydrogens is 655 g/mol. The van der Waals surface area contributed by atoms with Crippen molar-refractivity contribution in [2.24, 2.45) is 0 Å². The molecule has 0 atom stereocenters. The number of para-hydroxylation sites is 3. The van der Waals surface area contributed by atoms with Gasteiger partial charge in [-0.1, -0.05) is 148 Å². The van der Waals surface area contributed by atoms with E-state index in [1.165, 1.54) is 49.5 Å². The van der Waals surface area contributed by atoms with Crippen molar-refractivity contribution in [1.29, 1.82) is 0 Å². The van der Waals surface area contributed by atoms with Crippen molar-refractivity contribution >= 4 is 68.0 Å². The van der Waals surface area contributed by atoms with Crippen molar-refractivity contribution in [2.45, 2.75) is 26.2 Å². The molecule has 0 saturated heterocycles. The molecule has 4 heteroatoms. The van der Waals surface area contributed by atoms with Gasteiger partial charge in [0.2, 0.25) is 0 Å². The number of hydrogen-bond donors (Lipinski definition) is 0. The maximum absolute atomic E-state index is 7.15. The Kier molecular flexibility index (Phi) is 7.48. The van der Waals surface area contributed by atoms with Crippen molar-refractivity contribution < 1.29 is 4.74 Å². The predicted octanol–water partition coefficient (Wildman–Crippen LogP) is 11.7. The number of rotatable bonds is 5. The molecule has 2 aliphatic heterocycles. The molecular formula is C50H39BN2O. The SMILES string of the molecule is CC(C)(C)c1ccc2c(c1)B1c3c(cccc3N2c2ccccc2-c2ccccc2)Oc2cc(N(c3ccccc3)c3ccccc3)c3ccccc3c21. The Bertz CT molecular complexity index is 2650. The minimum absolute atomic E-state index is 0.0343. The van der Waals surface area contributed by atoms with Crippen LogP contribution in [0.3, 0.4) is 0 Å². The average Bonchev–Trinajstić information content (AvgIpc) is 3.21. The summed E-state index contributed by atoms with van der Waals surface area (Å²) >= 11 is 0. The number of fused-ring (bicyclic) bond motifs is 6. The van der Waals surface area contributed by atoms with E-state index in [0.717, 1.165) is 39.9 Å². The number of benzene rings is 8. The maximum atomic E-state index is 7.15. The Labute approximate surface area is 317 Å². The minimum Gasteiger partial charge on any atom is -0.458 e. The van der Waals surface area contributed by atoms with Crippen molar-refractivity contribution in [3.05, 3.63) is 188 Å². The lowest BCUT2D eigenvalue weighted by Crippen LogP contribution is -2.60. The third-order valence-corrected chi connectivity index (χ3v) is 11.1. The molecule has 0 fully saturated rings.